The van der Waals surface area contributed by atoms with Crippen molar-refractivity contribution in [1.82, 2.24) is 9.97 Å². The lowest BCUT2D eigenvalue weighted by Crippen LogP contribution is -2.09. The number of aromatic nitrogens is 2. The highest BCUT2D eigenvalue weighted by molar-refractivity contribution is 9.10. The summed E-state index contributed by atoms with van der Waals surface area (Å²) in [4.78, 5) is 8.04. The molecule has 1 aromatic heterocycles. The van der Waals surface area contributed by atoms with Gasteiger partial charge in [0, 0.05) is 4.47 Å². The van der Waals surface area contributed by atoms with Crippen LogP contribution in [0.3, 0.4) is 0 Å². The largest absolute Gasteiger partial charge is 0.472 e. The highest BCUT2D eigenvalue weighted by atomic mass is 79.9. The Labute approximate surface area is 107 Å². The highest BCUT2D eigenvalue weighted by Crippen LogP contribution is 2.13. The second-order valence-electron chi connectivity index (χ2n) is 3.30. The molecule has 6 heteroatoms. The van der Waals surface area contributed by atoms with E-state index in [1.807, 2.05) is 24.3 Å². The number of nitrogens with two attached hydrogens (primary N) is 1. The predicted molar refractivity (Wildman–Crippen MR) is 68.3 cm³/mol. The normalized spacial score (nSPS) is 10.0. The van der Waals surface area contributed by atoms with Crippen LogP contribution < -0.4 is 16.0 Å². The van der Waals surface area contributed by atoms with Gasteiger partial charge >= 0.3 is 0 Å². The standard InChI is InChI=1S/C11H11BrN4O/c12-9-3-1-8(2-4-9)7-17-11-6-14-5-10(15-11)16-13/h1-6H,7,13H2,(H,15,16). The van der Waals surface area contributed by atoms with Gasteiger partial charge in [-0.3, -0.25) is 4.98 Å². The van der Waals surface area contributed by atoms with Gasteiger partial charge in [0.15, 0.2) is 5.82 Å². The Hall–Kier alpha value is -1.66. The summed E-state index contributed by atoms with van der Waals surface area (Å²) >= 11 is 3.38. The zero-order valence-electron chi connectivity index (χ0n) is 8.93. The average molecular weight is 295 g/mol. The minimum Gasteiger partial charge on any atom is -0.472 e. The molecule has 0 amide bonds. The Kier molecular flexibility index (Phi) is 3.89. The van der Waals surface area contributed by atoms with E-state index in [1.165, 1.54) is 6.20 Å². The highest BCUT2D eigenvalue weighted by Gasteiger charge is 1.99. The van der Waals surface area contributed by atoms with E-state index in [9.17, 15) is 0 Å². The van der Waals surface area contributed by atoms with Crippen LogP contribution in [0.5, 0.6) is 5.88 Å². The summed E-state index contributed by atoms with van der Waals surface area (Å²) in [5, 5.41) is 0. The molecule has 0 saturated heterocycles. The van der Waals surface area contributed by atoms with Crippen LogP contribution >= 0.6 is 15.9 Å². The molecule has 0 spiro atoms. The Morgan fingerprint density at radius 1 is 1.24 bits per heavy atom. The molecular weight excluding hydrogens is 284 g/mol. The van der Waals surface area contributed by atoms with Gasteiger partial charge in [-0.1, -0.05) is 28.1 Å². The fourth-order valence-electron chi connectivity index (χ4n) is 1.23. The first-order valence-electron chi connectivity index (χ1n) is 4.94. The average Bonchev–Trinajstić information content (AvgIpc) is 2.38. The number of anilines is 1. The molecule has 1 heterocycles. The molecule has 3 N–H and O–H groups in total. The van der Waals surface area contributed by atoms with Crippen LogP contribution in [0.2, 0.25) is 0 Å². The Morgan fingerprint density at radius 2 is 2.00 bits per heavy atom. The fourth-order valence-corrected chi connectivity index (χ4v) is 1.49. The smallest absolute Gasteiger partial charge is 0.234 e. The van der Waals surface area contributed by atoms with Crippen molar-refractivity contribution in [2.45, 2.75) is 6.61 Å². The number of hydrazine groups is 1. The number of rotatable bonds is 4. The fraction of sp³-hybridized carbons (Fsp3) is 0.0909. The van der Waals surface area contributed by atoms with Crippen LogP contribution in [-0.4, -0.2) is 9.97 Å². The first kappa shape index (κ1) is 11.8. The van der Waals surface area contributed by atoms with Gasteiger partial charge in [-0.25, -0.2) is 5.84 Å². The molecule has 0 aliphatic heterocycles. The van der Waals surface area contributed by atoms with Gasteiger partial charge in [-0.05, 0) is 17.7 Å². The van der Waals surface area contributed by atoms with Gasteiger partial charge in [-0.15, -0.1) is 0 Å². The molecule has 2 rings (SSSR count). The van der Waals surface area contributed by atoms with E-state index in [0.717, 1.165) is 10.0 Å². The molecule has 2 aromatic rings. The molecule has 5 nitrogen and oxygen atoms in total. The Bertz CT molecular complexity index is 489. The van der Waals surface area contributed by atoms with E-state index >= 15 is 0 Å². The molecular formula is C11H11BrN4O. The maximum Gasteiger partial charge on any atom is 0.234 e. The zero-order valence-corrected chi connectivity index (χ0v) is 10.5. The summed E-state index contributed by atoms with van der Waals surface area (Å²) in [6.45, 7) is 0.440. The second-order valence-corrected chi connectivity index (χ2v) is 4.22. The third-order valence-electron chi connectivity index (χ3n) is 2.06. The van der Waals surface area contributed by atoms with Crippen LogP contribution in [0.4, 0.5) is 5.82 Å². The van der Waals surface area contributed by atoms with Crippen molar-refractivity contribution >= 4 is 21.7 Å². The number of hydrogen-bond acceptors (Lipinski definition) is 5. The molecule has 0 unspecified atom stereocenters. The van der Waals surface area contributed by atoms with E-state index in [0.29, 0.717) is 18.3 Å². The summed E-state index contributed by atoms with van der Waals surface area (Å²) in [6.07, 6.45) is 3.06. The molecule has 0 bridgehead atoms. The molecule has 0 radical (unpaired) electrons. The molecule has 0 atom stereocenters. The Morgan fingerprint density at radius 3 is 2.71 bits per heavy atom. The molecule has 1 aromatic carbocycles. The third kappa shape index (κ3) is 3.40. The molecule has 17 heavy (non-hydrogen) atoms. The van der Waals surface area contributed by atoms with E-state index in [2.05, 4.69) is 31.3 Å². The lowest BCUT2D eigenvalue weighted by molar-refractivity contribution is 0.293. The number of ether oxygens (including phenoxy) is 1. The van der Waals surface area contributed by atoms with Crippen LogP contribution in [0.15, 0.2) is 41.1 Å². The number of nitrogen functional groups attached to an aromatic ring is 1. The van der Waals surface area contributed by atoms with Crippen molar-refractivity contribution in [3.63, 3.8) is 0 Å². The number of nitrogens with one attached hydrogen (secondary N) is 1. The number of hydrogen-bond donors (Lipinski definition) is 2. The maximum absolute atomic E-state index is 5.49. The third-order valence-corrected chi connectivity index (χ3v) is 2.59. The molecule has 0 saturated carbocycles. The van der Waals surface area contributed by atoms with Gasteiger partial charge < -0.3 is 10.2 Å². The van der Waals surface area contributed by atoms with Crippen molar-refractivity contribution < 1.29 is 4.74 Å². The second kappa shape index (κ2) is 5.60. The minimum absolute atomic E-state index is 0.434. The molecule has 88 valence electrons. The number of halogens is 1. The molecule has 0 aliphatic carbocycles. The van der Waals surface area contributed by atoms with Crippen LogP contribution in [-0.2, 0) is 6.61 Å². The van der Waals surface area contributed by atoms with E-state index in [-0.39, 0.29) is 0 Å². The lowest BCUT2D eigenvalue weighted by Gasteiger charge is -2.06. The quantitative estimate of drug-likeness (QED) is 0.667. The van der Waals surface area contributed by atoms with Gasteiger partial charge in [-0.2, -0.15) is 4.98 Å². The van der Waals surface area contributed by atoms with Crippen molar-refractivity contribution in [2.75, 3.05) is 5.43 Å². The lowest BCUT2D eigenvalue weighted by atomic mass is 10.2. The summed E-state index contributed by atoms with van der Waals surface area (Å²) in [5.41, 5.74) is 3.47. The van der Waals surface area contributed by atoms with Crippen LogP contribution in [0.1, 0.15) is 5.56 Å². The summed E-state index contributed by atoms with van der Waals surface area (Å²) in [6, 6.07) is 7.87. The SMILES string of the molecule is NNc1cncc(OCc2ccc(Br)cc2)n1. The van der Waals surface area contributed by atoms with Gasteiger partial charge in [0.05, 0.1) is 12.4 Å². The summed E-state index contributed by atoms with van der Waals surface area (Å²) in [5.74, 6) is 6.13. The van der Waals surface area contributed by atoms with Crippen molar-refractivity contribution in [2.24, 2.45) is 5.84 Å². The molecule has 0 fully saturated rings. The summed E-state index contributed by atoms with van der Waals surface area (Å²) < 4.78 is 6.53. The first-order valence-corrected chi connectivity index (χ1v) is 5.73. The Balaban J connectivity index is 1.99. The van der Waals surface area contributed by atoms with Gasteiger partial charge in [0.25, 0.3) is 0 Å². The van der Waals surface area contributed by atoms with Crippen LogP contribution in [0.25, 0.3) is 0 Å². The van der Waals surface area contributed by atoms with E-state index < -0.39 is 0 Å². The number of benzene rings is 1. The predicted octanol–water partition coefficient (Wildman–Crippen LogP) is 2.10. The molecule has 0 aliphatic rings. The van der Waals surface area contributed by atoms with E-state index in [4.69, 9.17) is 10.6 Å². The minimum atomic E-state index is 0.434. The zero-order chi connectivity index (χ0) is 12.1. The first-order chi connectivity index (χ1) is 8.28. The van der Waals surface area contributed by atoms with Crippen molar-refractivity contribution in [1.29, 1.82) is 0 Å². The monoisotopic (exact) mass is 294 g/mol. The number of nitrogens with zero attached hydrogens (tertiary/aromatic N) is 2. The maximum atomic E-state index is 5.49. The van der Waals surface area contributed by atoms with E-state index in [1.54, 1.807) is 6.20 Å². The van der Waals surface area contributed by atoms with Gasteiger partial charge in [0.2, 0.25) is 5.88 Å². The van der Waals surface area contributed by atoms with Crippen LogP contribution in [0, 0.1) is 0 Å². The van der Waals surface area contributed by atoms with Gasteiger partial charge in [0.1, 0.15) is 6.61 Å². The topological polar surface area (TPSA) is 73.1 Å². The summed E-state index contributed by atoms with van der Waals surface area (Å²) in [7, 11) is 0. The van der Waals surface area contributed by atoms with Crippen molar-refractivity contribution in [3.05, 3.63) is 46.7 Å². The van der Waals surface area contributed by atoms with Crippen molar-refractivity contribution in [3.8, 4) is 5.88 Å².